The third kappa shape index (κ3) is 4.86. The third-order valence-corrected chi connectivity index (χ3v) is 11.7. The van der Waals surface area contributed by atoms with Gasteiger partial charge in [0.2, 0.25) is 0 Å². The van der Waals surface area contributed by atoms with Crippen LogP contribution < -0.4 is 0 Å². The number of furan rings is 1. The van der Waals surface area contributed by atoms with Crippen LogP contribution in [0.2, 0.25) is 0 Å². The van der Waals surface area contributed by atoms with Crippen LogP contribution in [0.5, 0.6) is 0 Å². The van der Waals surface area contributed by atoms with Gasteiger partial charge in [-0.1, -0.05) is 146 Å². The van der Waals surface area contributed by atoms with Gasteiger partial charge in [0.15, 0.2) is 0 Å². The average molecular weight is 727 g/mol. The van der Waals surface area contributed by atoms with Gasteiger partial charge < -0.3 is 13.6 Å². The maximum absolute atomic E-state index is 6.33. The number of hydrogen-bond acceptors (Lipinski definition) is 1. The molecule has 0 aliphatic heterocycles. The van der Waals surface area contributed by atoms with Crippen molar-refractivity contribution < 1.29 is 4.42 Å². The van der Waals surface area contributed by atoms with Crippen LogP contribution in [0.15, 0.2) is 211 Å². The Balaban J connectivity index is 1.08. The predicted molar refractivity (Wildman–Crippen MR) is 239 cm³/mol. The van der Waals surface area contributed by atoms with Crippen molar-refractivity contribution in [3.8, 4) is 44.8 Å². The van der Waals surface area contributed by atoms with Crippen LogP contribution >= 0.6 is 0 Å². The van der Waals surface area contributed by atoms with Crippen LogP contribution in [0, 0.1) is 0 Å². The minimum atomic E-state index is 0.894. The van der Waals surface area contributed by atoms with Crippen molar-refractivity contribution in [2.75, 3.05) is 0 Å². The summed E-state index contributed by atoms with van der Waals surface area (Å²) in [5.41, 5.74) is 16.0. The highest BCUT2D eigenvalue weighted by atomic mass is 16.3. The standard InChI is InChI=1S/C54H34N2O/c1-3-14-35(15-4-1)39-26-29-42-45-33-38(28-31-49(45)56(51(42)34-39)46-21-10-7-18-40(46)36-16-5-2-6-17-36)37-27-30-48-44(32-37)41-19-8-11-22-47(41)55(48)50-23-13-25-53-54(50)43-20-9-12-24-52(43)57-53/h1-34H. The molecule has 0 spiro atoms. The average Bonchev–Trinajstić information content (AvgIpc) is 3.94. The first-order chi connectivity index (χ1) is 28.3. The molecule has 0 unspecified atom stereocenters. The molecule has 3 aromatic heterocycles. The van der Waals surface area contributed by atoms with Crippen LogP contribution in [-0.4, -0.2) is 9.13 Å². The third-order valence-electron chi connectivity index (χ3n) is 11.7. The molecule has 0 saturated heterocycles. The lowest BCUT2D eigenvalue weighted by atomic mass is 9.99. The smallest absolute Gasteiger partial charge is 0.137 e. The topological polar surface area (TPSA) is 23.0 Å². The van der Waals surface area contributed by atoms with Gasteiger partial charge >= 0.3 is 0 Å². The largest absolute Gasteiger partial charge is 0.456 e. The van der Waals surface area contributed by atoms with E-state index in [-0.39, 0.29) is 0 Å². The molecule has 12 aromatic rings. The Morgan fingerprint density at radius 2 is 0.807 bits per heavy atom. The molecule has 0 radical (unpaired) electrons. The highest BCUT2D eigenvalue weighted by molar-refractivity contribution is 6.16. The van der Waals surface area contributed by atoms with E-state index in [1.54, 1.807) is 0 Å². The zero-order valence-corrected chi connectivity index (χ0v) is 30.9. The minimum Gasteiger partial charge on any atom is -0.456 e. The van der Waals surface area contributed by atoms with E-state index in [1.165, 1.54) is 77.0 Å². The monoisotopic (exact) mass is 726 g/mol. The predicted octanol–water partition coefficient (Wildman–Crippen LogP) is 14.8. The summed E-state index contributed by atoms with van der Waals surface area (Å²) in [5.74, 6) is 0. The Hall–Kier alpha value is -7.62. The number of fused-ring (bicyclic) bond motifs is 9. The molecule has 3 heteroatoms. The quantitative estimate of drug-likeness (QED) is 0.173. The molecule has 0 aliphatic carbocycles. The molecular formula is C54H34N2O. The second-order valence-corrected chi connectivity index (χ2v) is 14.9. The molecule has 266 valence electrons. The van der Waals surface area contributed by atoms with E-state index >= 15 is 0 Å². The van der Waals surface area contributed by atoms with Crippen LogP contribution in [0.25, 0.3) is 110 Å². The summed E-state index contributed by atoms with van der Waals surface area (Å²) in [6, 6.07) is 74.5. The second kappa shape index (κ2) is 12.5. The lowest BCUT2D eigenvalue weighted by molar-refractivity contribution is 0.669. The van der Waals surface area contributed by atoms with Crippen molar-refractivity contribution in [3.63, 3.8) is 0 Å². The number of para-hydroxylation sites is 3. The van der Waals surface area contributed by atoms with E-state index in [2.05, 4.69) is 209 Å². The molecule has 0 saturated carbocycles. The molecule has 57 heavy (non-hydrogen) atoms. The Bertz CT molecular complexity index is 3510. The molecule has 12 rings (SSSR count). The molecule has 0 aliphatic rings. The highest BCUT2D eigenvalue weighted by Crippen LogP contribution is 2.42. The maximum Gasteiger partial charge on any atom is 0.137 e. The van der Waals surface area contributed by atoms with Crippen molar-refractivity contribution >= 4 is 65.6 Å². The summed E-state index contributed by atoms with van der Waals surface area (Å²) in [7, 11) is 0. The summed E-state index contributed by atoms with van der Waals surface area (Å²) >= 11 is 0. The van der Waals surface area contributed by atoms with Crippen LogP contribution in [0.1, 0.15) is 0 Å². The van der Waals surface area contributed by atoms with Gasteiger partial charge in [0.25, 0.3) is 0 Å². The number of rotatable bonds is 5. The van der Waals surface area contributed by atoms with Crippen molar-refractivity contribution in [2.45, 2.75) is 0 Å². The number of benzene rings is 9. The fourth-order valence-electron chi connectivity index (χ4n) is 9.15. The first-order valence-corrected chi connectivity index (χ1v) is 19.5. The van der Waals surface area contributed by atoms with Gasteiger partial charge in [-0.3, -0.25) is 0 Å². The first kappa shape index (κ1) is 31.7. The second-order valence-electron chi connectivity index (χ2n) is 14.9. The SMILES string of the molecule is c1ccc(-c2ccc3c4cc(-c5ccc6c(c5)c5ccccc5n6-c5cccc6oc7ccccc7c56)ccc4n(-c4ccccc4-c4ccccc4)c3c2)cc1. The molecule has 0 bridgehead atoms. The molecule has 0 atom stereocenters. The van der Waals surface area contributed by atoms with Gasteiger partial charge in [0, 0.05) is 32.5 Å². The number of aromatic nitrogens is 2. The zero-order chi connectivity index (χ0) is 37.5. The fourth-order valence-corrected chi connectivity index (χ4v) is 9.15. The van der Waals surface area contributed by atoms with Crippen LogP contribution in [-0.2, 0) is 0 Å². The molecule has 0 N–H and O–H groups in total. The zero-order valence-electron chi connectivity index (χ0n) is 30.9. The number of nitrogens with zero attached hydrogens (tertiary/aromatic N) is 2. The van der Waals surface area contributed by atoms with Gasteiger partial charge in [-0.15, -0.1) is 0 Å². The number of hydrogen-bond donors (Lipinski definition) is 0. The Morgan fingerprint density at radius 3 is 1.58 bits per heavy atom. The van der Waals surface area contributed by atoms with Gasteiger partial charge in [-0.25, -0.2) is 0 Å². The summed E-state index contributed by atoms with van der Waals surface area (Å²) < 4.78 is 11.2. The van der Waals surface area contributed by atoms with E-state index in [9.17, 15) is 0 Å². The molecule has 9 aromatic carbocycles. The highest BCUT2D eigenvalue weighted by Gasteiger charge is 2.20. The summed E-state index contributed by atoms with van der Waals surface area (Å²) in [6.45, 7) is 0. The van der Waals surface area contributed by atoms with Crippen molar-refractivity contribution in [1.29, 1.82) is 0 Å². The van der Waals surface area contributed by atoms with Gasteiger partial charge in [0.05, 0.1) is 38.8 Å². The van der Waals surface area contributed by atoms with Crippen molar-refractivity contribution in [2.24, 2.45) is 0 Å². The summed E-state index contributed by atoms with van der Waals surface area (Å²) in [6.07, 6.45) is 0. The van der Waals surface area contributed by atoms with Gasteiger partial charge in [0.1, 0.15) is 11.2 Å². The lowest BCUT2D eigenvalue weighted by Crippen LogP contribution is -1.97. The Labute approximate surface area is 328 Å². The van der Waals surface area contributed by atoms with E-state index in [0.29, 0.717) is 0 Å². The minimum absolute atomic E-state index is 0.894. The van der Waals surface area contributed by atoms with E-state index in [4.69, 9.17) is 4.42 Å². The Morgan fingerprint density at radius 1 is 0.281 bits per heavy atom. The van der Waals surface area contributed by atoms with E-state index in [1.807, 2.05) is 6.07 Å². The molecular weight excluding hydrogens is 693 g/mol. The van der Waals surface area contributed by atoms with Crippen LogP contribution in [0.4, 0.5) is 0 Å². The molecule has 0 amide bonds. The molecule has 3 heterocycles. The van der Waals surface area contributed by atoms with Gasteiger partial charge in [-0.2, -0.15) is 0 Å². The van der Waals surface area contributed by atoms with E-state index in [0.717, 1.165) is 33.3 Å². The summed E-state index contributed by atoms with van der Waals surface area (Å²) in [5, 5.41) is 7.16. The molecule has 3 nitrogen and oxygen atoms in total. The summed E-state index contributed by atoms with van der Waals surface area (Å²) in [4.78, 5) is 0. The Kier molecular flexibility index (Phi) is 6.93. The van der Waals surface area contributed by atoms with Crippen LogP contribution in [0.3, 0.4) is 0 Å². The first-order valence-electron chi connectivity index (χ1n) is 19.5. The lowest BCUT2D eigenvalue weighted by Gasteiger charge is -2.14. The molecule has 0 fully saturated rings. The maximum atomic E-state index is 6.33. The normalized spacial score (nSPS) is 11.9. The van der Waals surface area contributed by atoms with Crippen molar-refractivity contribution in [1.82, 2.24) is 9.13 Å². The van der Waals surface area contributed by atoms with E-state index < -0.39 is 0 Å². The fraction of sp³-hybridized carbons (Fsp3) is 0. The van der Waals surface area contributed by atoms with Gasteiger partial charge in [-0.05, 0) is 88.5 Å². The van der Waals surface area contributed by atoms with Crippen molar-refractivity contribution in [3.05, 3.63) is 206 Å².